The number of benzene rings is 2. The van der Waals surface area contributed by atoms with Crippen LogP contribution in [0.1, 0.15) is 23.2 Å². The summed E-state index contributed by atoms with van der Waals surface area (Å²) in [5.41, 5.74) is 4.27. The monoisotopic (exact) mass is 402 g/mol. The maximum Gasteiger partial charge on any atom is 0.321 e. The molecule has 7 nitrogen and oxygen atoms in total. The summed E-state index contributed by atoms with van der Waals surface area (Å²) in [5.74, 6) is -1.07. The largest absolute Gasteiger partial charge is 0.480 e. The van der Waals surface area contributed by atoms with Gasteiger partial charge in [-0.1, -0.05) is 48.6 Å². The third-order valence-corrected chi connectivity index (χ3v) is 5.05. The summed E-state index contributed by atoms with van der Waals surface area (Å²) in [7, 11) is 0. The van der Waals surface area contributed by atoms with Gasteiger partial charge in [0.25, 0.3) is 0 Å². The van der Waals surface area contributed by atoms with E-state index in [1.165, 1.54) is 6.33 Å². The standard InChI is InChI=1S/C23H22N4O3/c28-22(11-12-25-19(23(29)30)13-18-14-24-15-26-18)27-20-7-3-1-5-16(20)9-10-17-6-2-4-8-21(17)27/h1-10,14-15,19,25H,11-13H2,(H,24,26)(H,29,30)/t19-/m0/s1. The highest BCUT2D eigenvalue weighted by atomic mass is 16.4. The SMILES string of the molecule is O=C(O)[C@H](Cc1cnc[nH]1)NCCC(=O)N1c2ccccc2C=Cc2ccccc21. The van der Waals surface area contributed by atoms with Gasteiger partial charge < -0.3 is 15.4 Å². The van der Waals surface area contributed by atoms with E-state index >= 15 is 0 Å². The summed E-state index contributed by atoms with van der Waals surface area (Å²) < 4.78 is 0. The smallest absolute Gasteiger partial charge is 0.321 e. The van der Waals surface area contributed by atoms with E-state index in [0.717, 1.165) is 28.2 Å². The Bertz CT molecular complexity index is 1030. The number of carboxylic acids is 1. The van der Waals surface area contributed by atoms with Crippen LogP contribution in [0.4, 0.5) is 11.4 Å². The Kier molecular flexibility index (Phi) is 5.72. The molecule has 1 aliphatic heterocycles. The van der Waals surface area contributed by atoms with Crippen molar-refractivity contribution in [3.05, 3.63) is 77.9 Å². The maximum absolute atomic E-state index is 13.2. The molecule has 0 spiro atoms. The van der Waals surface area contributed by atoms with Crippen LogP contribution >= 0.6 is 0 Å². The lowest BCUT2D eigenvalue weighted by Gasteiger charge is -2.25. The zero-order chi connectivity index (χ0) is 20.9. The number of amides is 1. The normalized spacial score (nSPS) is 13.3. The number of para-hydroxylation sites is 2. The number of H-pyrrole nitrogens is 1. The molecular formula is C23H22N4O3. The molecule has 1 atom stereocenters. The van der Waals surface area contributed by atoms with Crippen molar-refractivity contribution in [1.29, 1.82) is 0 Å². The Morgan fingerprint density at radius 2 is 1.67 bits per heavy atom. The maximum atomic E-state index is 13.2. The minimum atomic E-state index is -0.966. The minimum absolute atomic E-state index is 0.100. The lowest BCUT2D eigenvalue weighted by atomic mass is 10.1. The van der Waals surface area contributed by atoms with Crippen LogP contribution in [0.15, 0.2) is 61.1 Å². The average Bonchev–Trinajstić information content (AvgIpc) is 3.20. The van der Waals surface area contributed by atoms with Crippen LogP contribution in [-0.4, -0.2) is 39.5 Å². The van der Waals surface area contributed by atoms with Gasteiger partial charge in [0, 0.05) is 31.3 Å². The third-order valence-electron chi connectivity index (χ3n) is 5.05. The number of hydrogen-bond donors (Lipinski definition) is 3. The second-order valence-corrected chi connectivity index (χ2v) is 7.06. The summed E-state index contributed by atoms with van der Waals surface area (Å²) in [4.78, 5) is 33.4. The number of carboxylic acid groups (broad SMARTS) is 1. The number of aromatic nitrogens is 2. The molecule has 1 amide bonds. The topological polar surface area (TPSA) is 98.3 Å². The Labute approximate surface area is 174 Å². The Morgan fingerprint density at radius 3 is 2.23 bits per heavy atom. The van der Waals surface area contributed by atoms with E-state index in [9.17, 15) is 14.7 Å². The number of carbonyl (C=O) groups is 2. The summed E-state index contributed by atoms with van der Waals surface area (Å²) >= 11 is 0. The van der Waals surface area contributed by atoms with Gasteiger partial charge in [0.05, 0.1) is 17.7 Å². The molecule has 3 N–H and O–H groups in total. The van der Waals surface area contributed by atoms with Gasteiger partial charge in [-0.3, -0.25) is 14.5 Å². The van der Waals surface area contributed by atoms with E-state index < -0.39 is 12.0 Å². The molecule has 7 heteroatoms. The van der Waals surface area contributed by atoms with E-state index in [4.69, 9.17) is 0 Å². The molecule has 0 radical (unpaired) electrons. The van der Waals surface area contributed by atoms with E-state index in [1.807, 2.05) is 60.7 Å². The molecule has 0 unspecified atom stereocenters. The fourth-order valence-electron chi connectivity index (χ4n) is 3.57. The number of fused-ring (bicyclic) bond motifs is 2. The number of rotatable bonds is 7. The van der Waals surface area contributed by atoms with Crippen LogP contribution in [0.3, 0.4) is 0 Å². The van der Waals surface area contributed by atoms with E-state index in [-0.39, 0.29) is 25.3 Å². The summed E-state index contributed by atoms with van der Waals surface area (Å²) in [5, 5.41) is 12.5. The van der Waals surface area contributed by atoms with Crippen molar-refractivity contribution in [1.82, 2.24) is 15.3 Å². The van der Waals surface area contributed by atoms with Crippen LogP contribution in [0.25, 0.3) is 12.2 Å². The van der Waals surface area contributed by atoms with Gasteiger partial charge >= 0.3 is 5.97 Å². The highest BCUT2D eigenvalue weighted by Gasteiger charge is 2.24. The first-order valence-electron chi connectivity index (χ1n) is 9.76. The van der Waals surface area contributed by atoms with Crippen molar-refractivity contribution in [2.24, 2.45) is 0 Å². The lowest BCUT2D eigenvalue weighted by molar-refractivity contribution is -0.139. The predicted octanol–water partition coefficient (Wildman–Crippen LogP) is 3.23. The second kappa shape index (κ2) is 8.75. The Balaban J connectivity index is 1.50. The third kappa shape index (κ3) is 4.16. The summed E-state index contributed by atoms with van der Waals surface area (Å²) in [6.07, 6.45) is 7.55. The van der Waals surface area contributed by atoms with Gasteiger partial charge in [-0.25, -0.2) is 4.98 Å². The van der Waals surface area contributed by atoms with Crippen LogP contribution in [0.2, 0.25) is 0 Å². The van der Waals surface area contributed by atoms with Crippen LogP contribution in [-0.2, 0) is 16.0 Å². The zero-order valence-corrected chi connectivity index (χ0v) is 16.3. The van der Waals surface area contributed by atoms with Crippen molar-refractivity contribution in [2.45, 2.75) is 18.9 Å². The van der Waals surface area contributed by atoms with Gasteiger partial charge in [-0.05, 0) is 23.3 Å². The molecule has 0 saturated carbocycles. The highest BCUT2D eigenvalue weighted by Crippen LogP contribution is 2.36. The van der Waals surface area contributed by atoms with Gasteiger partial charge in [-0.2, -0.15) is 0 Å². The van der Waals surface area contributed by atoms with E-state index in [1.54, 1.807) is 11.1 Å². The van der Waals surface area contributed by atoms with Crippen LogP contribution < -0.4 is 10.2 Å². The van der Waals surface area contributed by atoms with Crippen LogP contribution in [0.5, 0.6) is 0 Å². The van der Waals surface area contributed by atoms with Crippen molar-refractivity contribution in [2.75, 3.05) is 11.4 Å². The molecule has 1 aliphatic rings. The fraction of sp³-hybridized carbons (Fsp3) is 0.174. The highest BCUT2D eigenvalue weighted by molar-refractivity contribution is 6.06. The lowest BCUT2D eigenvalue weighted by Crippen LogP contribution is -2.40. The summed E-state index contributed by atoms with van der Waals surface area (Å²) in [6, 6.07) is 14.7. The molecule has 2 heterocycles. The average molecular weight is 402 g/mol. The van der Waals surface area contributed by atoms with E-state index in [0.29, 0.717) is 0 Å². The number of aliphatic carboxylic acids is 1. The Hall–Kier alpha value is -3.71. The number of carbonyl (C=O) groups excluding carboxylic acids is 1. The first-order chi connectivity index (χ1) is 14.6. The Morgan fingerprint density at radius 1 is 1.03 bits per heavy atom. The van der Waals surface area contributed by atoms with Crippen molar-refractivity contribution >= 4 is 35.4 Å². The number of aromatic amines is 1. The fourth-order valence-corrected chi connectivity index (χ4v) is 3.57. The number of hydrogen-bond acceptors (Lipinski definition) is 4. The molecule has 1 aromatic heterocycles. The predicted molar refractivity (Wildman–Crippen MR) is 115 cm³/mol. The molecule has 0 saturated heterocycles. The zero-order valence-electron chi connectivity index (χ0n) is 16.3. The summed E-state index contributed by atoms with van der Waals surface area (Å²) in [6.45, 7) is 0.248. The molecule has 3 aromatic rings. The first-order valence-corrected chi connectivity index (χ1v) is 9.76. The van der Waals surface area contributed by atoms with Gasteiger partial charge in [0.15, 0.2) is 0 Å². The number of imidazole rings is 1. The van der Waals surface area contributed by atoms with E-state index in [2.05, 4.69) is 15.3 Å². The van der Waals surface area contributed by atoms with Crippen molar-refractivity contribution < 1.29 is 14.7 Å². The quantitative estimate of drug-likeness (QED) is 0.564. The molecule has 2 aromatic carbocycles. The van der Waals surface area contributed by atoms with Crippen LogP contribution in [0, 0.1) is 0 Å². The molecule has 152 valence electrons. The van der Waals surface area contributed by atoms with Crippen molar-refractivity contribution in [3.63, 3.8) is 0 Å². The molecule has 0 bridgehead atoms. The number of anilines is 2. The van der Waals surface area contributed by atoms with Gasteiger partial charge in [-0.15, -0.1) is 0 Å². The van der Waals surface area contributed by atoms with Gasteiger partial charge in [0.1, 0.15) is 6.04 Å². The number of nitrogens with zero attached hydrogens (tertiary/aromatic N) is 2. The minimum Gasteiger partial charge on any atom is -0.480 e. The molecule has 4 rings (SSSR count). The second-order valence-electron chi connectivity index (χ2n) is 7.06. The first kappa shape index (κ1) is 19.6. The van der Waals surface area contributed by atoms with Gasteiger partial charge in [0.2, 0.25) is 5.91 Å². The molecule has 0 aliphatic carbocycles. The molecule has 30 heavy (non-hydrogen) atoms. The molecular weight excluding hydrogens is 380 g/mol. The molecule has 0 fully saturated rings. The number of nitrogens with one attached hydrogen (secondary N) is 2. The van der Waals surface area contributed by atoms with Crippen molar-refractivity contribution in [3.8, 4) is 0 Å².